The van der Waals surface area contributed by atoms with E-state index in [-0.39, 0.29) is 27.7 Å². The number of sulfonamides is 1. The highest BCUT2D eigenvalue weighted by atomic mass is 32.2. The quantitative estimate of drug-likeness (QED) is 0.275. The summed E-state index contributed by atoms with van der Waals surface area (Å²) in [6.07, 6.45) is 1.41. The molecule has 3 rings (SSSR count). The monoisotopic (exact) mass is 442 g/mol. The molecule has 3 N–H and O–H groups in total. The van der Waals surface area contributed by atoms with Gasteiger partial charge in [0.25, 0.3) is 15.7 Å². The molecule has 0 aromatic heterocycles. The maximum Gasteiger partial charge on any atom is 0.270 e. The van der Waals surface area contributed by atoms with Crippen molar-refractivity contribution in [2.75, 3.05) is 17.3 Å². The van der Waals surface area contributed by atoms with Gasteiger partial charge in [0.15, 0.2) is 0 Å². The van der Waals surface area contributed by atoms with Crippen molar-refractivity contribution in [1.29, 1.82) is 0 Å². The lowest BCUT2D eigenvalue weighted by Crippen LogP contribution is -2.15. The number of ether oxygens (including phenoxy) is 1. The smallest absolute Gasteiger partial charge is 0.270 e. The number of benzene rings is 3. The highest BCUT2D eigenvalue weighted by Crippen LogP contribution is 2.28. The summed E-state index contributed by atoms with van der Waals surface area (Å²) >= 11 is 0. The second kappa shape index (κ2) is 9.13. The normalized spacial score (nSPS) is 11.3. The number of nitrogens with one attached hydrogen (secondary N) is 2. The van der Waals surface area contributed by atoms with E-state index in [0.717, 1.165) is 6.07 Å². The van der Waals surface area contributed by atoms with Crippen LogP contribution in [0, 0.1) is 10.1 Å². The van der Waals surface area contributed by atoms with E-state index in [4.69, 9.17) is 4.74 Å². The number of non-ortho nitro benzene ring substituents is 1. The molecule has 3 aromatic rings. The fraction of sp³-hybridized carbons (Fsp3) is 0.0500. The molecule has 0 unspecified atom stereocenters. The molecule has 0 saturated carbocycles. The molecule has 0 aliphatic heterocycles. The number of nitro groups is 1. The molecule has 0 heterocycles. The van der Waals surface area contributed by atoms with Gasteiger partial charge in [-0.1, -0.05) is 0 Å². The van der Waals surface area contributed by atoms with E-state index in [0.29, 0.717) is 11.3 Å². The number of rotatable bonds is 8. The molecule has 11 heteroatoms. The van der Waals surface area contributed by atoms with E-state index in [9.17, 15) is 23.6 Å². The Labute approximate surface area is 178 Å². The van der Waals surface area contributed by atoms with Gasteiger partial charge in [-0.3, -0.25) is 20.3 Å². The number of methoxy groups -OCH3 is 1. The van der Waals surface area contributed by atoms with E-state index in [2.05, 4.69) is 15.2 Å². The average Bonchev–Trinajstić information content (AvgIpc) is 2.75. The van der Waals surface area contributed by atoms with Gasteiger partial charge in [-0.15, -0.1) is 0 Å². The summed E-state index contributed by atoms with van der Waals surface area (Å²) in [4.78, 5) is 10.1. The molecule has 160 valence electrons. The van der Waals surface area contributed by atoms with E-state index in [1.807, 2.05) is 0 Å². The van der Waals surface area contributed by atoms with Gasteiger partial charge in [0, 0.05) is 17.8 Å². The molecule has 0 aliphatic rings. The lowest BCUT2D eigenvalue weighted by atomic mass is 10.2. The summed E-state index contributed by atoms with van der Waals surface area (Å²) in [7, 11) is -2.70. The minimum Gasteiger partial charge on any atom is -0.508 e. The summed E-state index contributed by atoms with van der Waals surface area (Å²) in [5.41, 5.74) is 3.16. The van der Waals surface area contributed by atoms with Crippen molar-refractivity contribution in [1.82, 2.24) is 0 Å². The topological polar surface area (TPSA) is 143 Å². The number of hydrogen-bond acceptors (Lipinski definition) is 8. The van der Waals surface area contributed by atoms with E-state index in [1.165, 1.54) is 49.7 Å². The van der Waals surface area contributed by atoms with E-state index < -0.39 is 14.9 Å². The Kier molecular flexibility index (Phi) is 6.36. The molecule has 0 bridgehead atoms. The van der Waals surface area contributed by atoms with Crippen LogP contribution in [0.2, 0.25) is 0 Å². The highest BCUT2D eigenvalue weighted by molar-refractivity contribution is 7.92. The first-order chi connectivity index (χ1) is 14.8. The van der Waals surface area contributed by atoms with Crippen LogP contribution in [-0.2, 0) is 10.0 Å². The van der Waals surface area contributed by atoms with Crippen LogP contribution in [0.5, 0.6) is 11.5 Å². The summed E-state index contributed by atoms with van der Waals surface area (Å²) in [5, 5.41) is 24.4. The van der Waals surface area contributed by atoms with Gasteiger partial charge in [0.05, 0.1) is 23.9 Å². The van der Waals surface area contributed by atoms with Crippen LogP contribution in [0.4, 0.5) is 17.1 Å². The lowest BCUT2D eigenvalue weighted by Gasteiger charge is -2.12. The second-order valence-electron chi connectivity index (χ2n) is 6.23. The minimum absolute atomic E-state index is 0.0432. The van der Waals surface area contributed by atoms with Gasteiger partial charge >= 0.3 is 0 Å². The molecule has 0 amide bonds. The first-order valence-corrected chi connectivity index (χ1v) is 10.3. The number of hydrogen-bond donors (Lipinski definition) is 3. The molecule has 3 aromatic carbocycles. The van der Waals surface area contributed by atoms with Crippen LogP contribution in [0.1, 0.15) is 5.56 Å². The Bertz CT molecular complexity index is 1210. The number of phenols is 1. The zero-order valence-electron chi connectivity index (χ0n) is 16.2. The van der Waals surface area contributed by atoms with Crippen LogP contribution >= 0.6 is 0 Å². The predicted octanol–water partition coefficient (Wildman–Crippen LogP) is 3.56. The largest absolute Gasteiger partial charge is 0.508 e. The maximum atomic E-state index is 12.9. The van der Waals surface area contributed by atoms with Crippen molar-refractivity contribution in [3.63, 3.8) is 0 Å². The first kappa shape index (κ1) is 21.6. The summed E-state index contributed by atoms with van der Waals surface area (Å²) in [6, 6.07) is 15.7. The molecule has 0 saturated heterocycles. The summed E-state index contributed by atoms with van der Waals surface area (Å²) in [5.74, 6) is 0.641. The SMILES string of the molecule is COc1ccc(NS(=O)(=O)c2cc([N+](=O)[O-])ccc2NN=Cc2ccc(O)cc2)cc1. The predicted molar refractivity (Wildman–Crippen MR) is 116 cm³/mol. The maximum absolute atomic E-state index is 12.9. The molecule has 31 heavy (non-hydrogen) atoms. The van der Waals surface area contributed by atoms with Crippen molar-refractivity contribution in [3.05, 3.63) is 82.4 Å². The van der Waals surface area contributed by atoms with Crippen molar-refractivity contribution in [2.24, 2.45) is 5.10 Å². The third-order valence-electron chi connectivity index (χ3n) is 4.10. The third-order valence-corrected chi connectivity index (χ3v) is 5.52. The number of phenolic OH excluding ortho intramolecular Hbond substituents is 1. The Balaban J connectivity index is 1.91. The molecule has 0 spiro atoms. The zero-order valence-corrected chi connectivity index (χ0v) is 17.0. The molecular formula is C20H18N4O6S. The Morgan fingerprint density at radius 3 is 2.35 bits per heavy atom. The van der Waals surface area contributed by atoms with Crippen molar-refractivity contribution < 1.29 is 23.2 Å². The Morgan fingerprint density at radius 2 is 1.74 bits per heavy atom. The second-order valence-corrected chi connectivity index (χ2v) is 7.88. The van der Waals surface area contributed by atoms with Crippen molar-refractivity contribution in [2.45, 2.75) is 4.90 Å². The number of nitro benzene ring substituents is 1. The fourth-order valence-corrected chi connectivity index (χ4v) is 3.78. The third kappa shape index (κ3) is 5.48. The van der Waals surface area contributed by atoms with E-state index >= 15 is 0 Å². The van der Waals surface area contributed by atoms with Crippen molar-refractivity contribution >= 4 is 33.3 Å². The average molecular weight is 442 g/mol. The molecule has 10 nitrogen and oxygen atoms in total. The number of hydrazone groups is 1. The molecule has 0 radical (unpaired) electrons. The molecule has 0 atom stereocenters. The van der Waals surface area contributed by atoms with Gasteiger partial charge in [0.1, 0.15) is 16.4 Å². The zero-order chi connectivity index (χ0) is 22.4. The summed E-state index contributed by atoms with van der Waals surface area (Å²) < 4.78 is 33.3. The van der Waals surface area contributed by atoms with Gasteiger partial charge in [-0.25, -0.2) is 8.42 Å². The van der Waals surface area contributed by atoms with Gasteiger partial charge in [-0.05, 0) is 60.2 Å². The number of nitrogens with zero attached hydrogens (tertiary/aromatic N) is 2. The molecule has 0 fully saturated rings. The summed E-state index contributed by atoms with van der Waals surface area (Å²) in [6.45, 7) is 0. The van der Waals surface area contributed by atoms with Gasteiger partial charge < -0.3 is 9.84 Å². The number of anilines is 2. The Morgan fingerprint density at radius 1 is 1.06 bits per heavy atom. The minimum atomic E-state index is -4.18. The highest BCUT2D eigenvalue weighted by Gasteiger charge is 2.22. The van der Waals surface area contributed by atoms with Crippen molar-refractivity contribution in [3.8, 4) is 11.5 Å². The van der Waals surface area contributed by atoms with Crippen LogP contribution in [0.15, 0.2) is 76.7 Å². The van der Waals surface area contributed by atoms with Crippen LogP contribution in [-0.4, -0.2) is 31.8 Å². The molecule has 0 aliphatic carbocycles. The molecular weight excluding hydrogens is 424 g/mol. The van der Waals surface area contributed by atoms with Gasteiger partial charge in [-0.2, -0.15) is 5.10 Å². The first-order valence-electron chi connectivity index (χ1n) is 8.82. The standard InChI is InChI=1S/C20H18N4O6S/c1-30-18-9-4-15(5-10-18)23-31(28,29)20-12-16(24(26)27)6-11-19(20)22-21-13-14-2-7-17(25)8-3-14/h2-13,22-23,25H,1H3. The van der Waals surface area contributed by atoms with Crippen LogP contribution < -0.4 is 14.9 Å². The lowest BCUT2D eigenvalue weighted by molar-refractivity contribution is -0.385. The van der Waals surface area contributed by atoms with E-state index in [1.54, 1.807) is 24.3 Å². The fourth-order valence-electron chi connectivity index (χ4n) is 2.55. The Hall–Kier alpha value is -4.12. The van der Waals surface area contributed by atoms with Crippen LogP contribution in [0.3, 0.4) is 0 Å². The number of aromatic hydroxyl groups is 1. The van der Waals surface area contributed by atoms with Gasteiger partial charge in [0.2, 0.25) is 0 Å². The van der Waals surface area contributed by atoms with Crippen LogP contribution in [0.25, 0.3) is 0 Å².